The topological polar surface area (TPSA) is 43.2 Å². The van der Waals surface area contributed by atoms with Gasteiger partial charge in [-0.05, 0) is 18.2 Å². The number of piperazine rings is 1. The van der Waals surface area contributed by atoms with Crippen molar-refractivity contribution < 1.29 is 19.2 Å². The normalized spacial score (nSPS) is 16.4. The lowest BCUT2D eigenvalue weighted by Crippen LogP contribution is -3.15. The summed E-state index contributed by atoms with van der Waals surface area (Å²) in [6, 6.07) is 27.1. The van der Waals surface area contributed by atoms with E-state index < -0.39 is 0 Å². The Morgan fingerprint density at radius 2 is 1.35 bits per heavy atom. The second-order valence-corrected chi connectivity index (χ2v) is 8.06. The minimum absolute atomic E-state index is 0.0620. The second-order valence-electron chi connectivity index (χ2n) is 8.06. The number of benzene rings is 3. The van der Waals surface area contributed by atoms with E-state index in [1.165, 1.54) is 16.0 Å². The third kappa shape index (κ3) is 4.14. The largest absolute Gasteiger partial charge is 0.486 e. The van der Waals surface area contributed by atoms with Crippen molar-refractivity contribution in [2.75, 3.05) is 39.4 Å². The molecular weight excluding hydrogens is 388 g/mol. The summed E-state index contributed by atoms with van der Waals surface area (Å²) in [6.45, 7) is 4.36. The molecule has 2 aliphatic heterocycles. The van der Waals surface area contributed by atoms with Crippen molar-refractivity contribution in [1.82, 2.24) is 4.90 Å². The quantitative estimate of drug-likeness (QED) is 0.712. The summed E-state index contributed by atoms with van der Waals surface area (Å²) >= 11 is 0. The molecule has 2 heterocycles. The maximum Gasteiger partial charge on any atom is 0.254 e. The summed E-state index contributed by atoms with van der Waals surface area (Å²) in [5.74, 6) is 1.44. The fourth-order valence-electron chi connectivity index (χ4n) is 4.60. The molecule has 1 N–H and O–H groups in total. The average molecular weight is 416 g/mol. The van der Waals surface area contributed by atoms with Gasteiger partial charge in [-0.1, -0.05) is 60.7 Å². The van der Waals surface area contributed by atoms with Gasteiger partial charge in [-0.15, -0.1) is 0 Å². The lowest BCUT2D eigenvalue weighted by Gasteiger charge is -2.37. The standard InChI is InChI=1S/C26H26N2O3/c29-26(22-11-12-23-24(19-22)31-18-17-30-23)28-15-13-27(14-16-28)25(20-7-3-1-4-8-20)21-9-5-2-6-10-21/h1-12,19,25H,13-18H2/p+1. The minimum atomic E-state index is 0.0620. The van der Waals surface area contributed by atoms with Gasteiger partial charge in [-0.2, -0.15) is 0 Å². The number of ether oxygens (including phenoxy) is 2. The number of rotatable bonds is 4. The predicted molar refractivity (Wildman–Crippen MR) is 119 cm³/mol. The van der Waals surface area contributed by atoms with Crippen LogP contribution in [0.5, 0.6) is 11.5 Å². The number of hydrogen-bond donors (Lipinski definition) is 1. The fraction of sp³-hybridized carbons (Fsp3) is 0.269. The molecule has 31 heavy (non-hydrogen) atoms. The minimum Gasteiger partial charge on any atom is -0.486 e. The van der Waals surface area contributed by atoms with E-state index in [1.807, 2.05) is 23.1 Å². The van der Waals surface area contributed by atoms with Crippen molar-refractivity contribution in [3.63, 3.8) is 0 Å². The molecule has 3 aromatic carbocycles. The van der Waals surface area contributed by atoms with Crippen LogP contribution in [0.25, 0.3) is 0 Å². The van der Waals surface area contributed by atoms with Gasteiger partial charge in [-0.25, -0.2) is 0 Å². The smallest absolute Gasteiger partial charge is 0.254 e. The first-order chi connectivity index (χ1) is 15.3. The Morgan fingerprint density at radius 1 is 0.774 bits per heavy atom. The van der Waals surface area contributed by atoms with Gasteiger partial charge in [0.2, 0.25) is 0 Å². The number of quaternary nitrogens is 1. The first-order valence-electron chi connectivity index (χ1n) is 10.9. The van der Waals surface area contributed by atoms with Gasteiger partial charge in [0.05, 0.1) is 26.2 Å². The Bertz CT molecular complexity index is 992. The predicted octanol–water partition coefficient (Wildman–Crippen LogP) is 2.59. The van der Waals surface area contributed by atoms with E-state index in [4.69, 9.17) is 9.47 Å². The van der Waals surface area contributed by atoms with Gasteiger partial charge in [0.25, 0.3) is 5.91 Å². The maximum atomic E-state index is 13.1. The molecule has 0 atom stereocenters. The molecule has 1 saturated heterocycles. The first kappa shape index (κ1) is 19.6. The van der Waals surface area contributed by atoms with Gasteiger partial charge in [0, 0.05) is 16.7 Å². The number of carbonyl (C=O) groups excluding carboxylic acids is 1. The van der Waals surface area contributed by atoms with Crippen LogP contribution in [0.2, 0.25) is 0 Å². The molecule has 0 saturated carbocycles. The van der Waals surface area contributed by atoms with E-state index in [1.54, 1.807) is 0 Å². The average Bonchev–Trinajstić information content (AvgIpc) is 2.85. The summed E-state index contributed by atoms with van der Waals surface area (Å²) in [5, 5.41) is 0. The summed E-state index contributed by atoms with van der Waals surface area (Å²) in [4.78, 5) is 16.6. The SMILES string of the molecule is O=C(c1ccc2c(c1)OCCO2)N1CC[NH+](C(c2ccccc2)c2ccccc2)CC1. The number of fused-ring (bicyclic) bond motifs is 1. The van der Waals surface area contributed by atoms with E-state index in [0.29, 0.717) is 30.3 Å². The molecule has 0 spiro atoms. The van der Waals surface area contributed by atoms with Crippen LogP contribution >= 0.6 is 0 Å². The second kappa shape index (κ2) is 8.82. The van der Waals surface area contributed by atoms with Crippen molar-refractivity contribution >= 4 is 5.91 Å². The molecule has 2 aliphatic rings. The van der Waals surface area contributed by atoms with Gasteiger partial charge in [-0.3, -0.25) is 4.79 Å². The lowest BCUT2D eigenvalue weighted by atomic mass is 9.96. The number of carbonyl (C=O) groups is 1. The highest BCUT2D eigenvalue weighted by Crippen LogP contribution is 2.31. The summed E-state index contributed by atoms with van der Waals surface area (Å²) in [7, 11) is 0. The number of nitrogens with zero attached hydrogens (tertiary/aromatic N) is 1. The Labute approximate surface area is 182 Å². The van der Waals surface area contributed by atoms with Crippen LogP contribution in [-0.2, 0) is 0 Å². The zero-order chi connectivity index (χ0) is 21.0. The molecule has 158 valence electrons. The molecule has 5 nitrogen and oxygen atoms in total. The van der Waals surface area contributed by atoms with Crippen molar-refractivity contribution in [1.29, 1.82) is 0 Å². The van der Waals surface area contributed by atoms with Gasteiger partial charge in [0.1, 0.15) is 19.3 Å². The van der Waals surface area contributed by atoms with E-state index in [2.05, 4.69) is 60.7 Å². The third-order valence-electron chi connectivity index (χ3n) is 6.16. The van der Waals surface area contributed by atoms with Crippen LogP contribution in [0.1, 0.15) is 27.5 Å². The molecule has 1 fully saturated rings. The van der Waals surface area contributed by atoms with E-state index >= 15 is 0 Å². The van der Waals surface area contributed by atoms with Crippen molar-refractivity contribution in [2.24, 2.45) is 0 Å². The van der Waals surface area contributed by atoms with Crippen LogP contribution in [0.3, 0.4) is 0 Å². The zero-order valence-electron chi connectivity index (χ0n) is 17.5. The van der Waals surface area contributed by atoms with Crippen LogP contribution in [0.4, 0.5) is 0 Å². The lowest BCUT2D eigenvalue weighted by molar-refractivity contribution is -0.929. The summed E-state index contributed by atoms with van der Waals surface area (Å²) in [5.41, 5.74) is 3.29. The molecule has 0 bridgehead atoms. The Hall–Kier alpha value is -3.31. The number of hydrogen-bond acceptors (Lipinski definition) is 3. The van der Waals surface area contributed by atoms with Crippen molar-refractivity contribution in [3.05, 3.63) is 95.6 Å². The van der Waals surface area contributed by atoms with Crippen molar-refractivity contribution in [3.8, 4) is 11.5 Å². The molecule has 5 heteroatoms. The van der Waals surface area contributed by atoms with E-state index in [9.17, 15) is 4.79 Å². The molecule has 0 aromatic heterocycles. The van der Waals surface area contributed by atoms with E-state index in [0.717, 1.165) is 26.2 Å². The monoisotopic (exact) mass is 415 g/mol. The van der Waals surface area contributed by atoms with Crippen LogP contribution < -0.4 is 14.4 Å². The maximum absolute atomic E-state index is 13.1. The van der Waals surface area contributed by atoms with E-state index in [-0.39, 0.29) is 11.9 Å². The summed E-state index contributed by atoms with van der Waals surface area (Å²) in [6.07, 6.45) is 0. The molecule has 5 rings (SSSR count). The fourth-order valence-corrected chi connectivity index (χ4v) is 4.60. The number of amides is 1. The summed E-state index contributed by atoms with van der Waals surface area (Å²) < 4.78 is 11.2. The molecule has 1 amide bonds. The Balaban J connectivity index is 1.31. The Morgan fingerprint density at radius 3 is 1.97 bits per heavy atom. The molecule has 0 radical (unpaired) electrons. The number of nitrogens with one attached hydrogen (secondary N) is 1. The zero-order valence-corrected chi connectivity index (χ0v) is 17.5. The van der Waals surface area contributed by atoms with Crippen LogP contribution in [0.15, 0.2) is 78.9 Å². The van der Waals surface area contributed by atoms with Crippen LogP contribution in [0, 0.1) is 0 Å². The van der Waals surface area contributed by atoms with Crippen LogP contribution in [-0.4, -0.2) is 50.2 Å². The van der Waals surface area contributed by atoms with Gasteiger partial charge < -0.3 is 19.3 Å². The molecule has 0 aliphatic carbocycles. The highest BCUT2D eigenvalue weighted by Gasteiger charge is 2.32. The van der Waals surface area contributed by atoms with Gasteiger partial charge in [0.15, 0.2) is 11.5 Å². The Kier molecular flexibility index (Phi) is 5.59. The first-order valence-corrected chi connectivity index (χ1v) is 10.9. The molecular formula is C26H27N2O3+. The van der Waals surface area contributed by atoms with Gasteiger partial charge >= 0.3 is 0 Å². The third-order valence-corrected chi connectivity index (χ3v) is 6.16. The molecule has 0 unspecified atom stereocenters. The highest BCUT2D eigenvalue weighted by molar-refractivity contribution is 5.95. The molecule has 3 aromatic rings. The van der Waals surface area contributed by atoms with Crippen molar-refractivity contribution in [2.45, 2.75) is 6.04 Å². The highest BCUT2D eigenvalue weighted by atomic mass is 16.6.